The van der Waals surface area contributed by atoms with Crippen LogP contribution in [-0.4, -0.2) is 50.9 Å². The summed E-state index contributed by atoms with van der Waals surface area (Å²) < 4.78 is 64.0. The highest BCUT2D eigenvalue weighted by atomic mass is 32.2. The maximum Gasteiger partial charge on any atom is 0.411 e. The van der Waals surface area contributed by atoms with Gasteiger partial charge in [0.15, 0.2) is 9.84 Å². The Balaban J connectivity index is 1.76. The van der Waals surface area contributed by atoms with E-state index in [2.05, 4.69) is 5.32 Å². The second kappa shape index (κ2) is 6.19. The monoisotopic (exact) mass is 315 g/mol. The van der Waals surface area contributed by atoms with Crippen molar-refractivity contribution in [2.24, 2.45) is 0 Å². The van der Waals surface area contributed by atoms with Crippen molar-refractivity contribution in [3.8, 4) is 0 Å². The van der Waals surface area contributed by atoms with Gasteiger partial charge in [0.1, 0.15) is 6.61 Å². The Hall–Kier alpha value is -0.340. The highest BCUT2D eigenvalue weighted by molar-refractivity contribution is 7.91. The molecule has 1 aliphatic heterocycles. The first-order chi connectivity index (χ1) is 9.23. The zero-order valence-corrected chi connectivity index (χ0v) is 12.0. The smallest absolute Gasteiger partial charge is 0.369 e. The molecular formula is C12H20F3NO3S. The van der Waals surface area contributed by atoms with E-state index in [-0.39, 0.29) is 29.7 Å². The molecule has 1 saturated carbocycles. The number of hydrogen-bond donors (Lipinski definition) is 1. The van der Waals surface area contributed by atoms with Gasteiger partial charge in [-0.2, -0.15) is 13.2 Å². The molecule has 0 aromatic carbocycles. The van der Waals surface area contributed by atoms with Crippen molar-refractivity contribution in [1.82, 2.24) is 5.32 Å². The molecule has 0 radical (unpaired) electrons. The molecule has 118 valence electrons. The van der Waals surface area contributed by atoms with Gasteiger partial charge in [-0.1, -0.05) is 0 Å². The Kier molecular flexibility index (Phi) is 4.96. The lowest BCUT2D eigenvalue weighted by molar-refractivity contribution is -0.188. The first-order valence-electron chi connectivity index (χ1n) is 6.88. The zero-order chi connectivity index (χ0) is 14.8. The molecule has 3 atom stereocenters. The number of sulfone groups is 1. The van der Waals surface area contributed by atoms with E-state index in [0.717, 1.165) is 12.8 Å². The lowest BCUT2D eigenvalue weighted by atomic mass is 9.92. The second-order valence-corrected chi connectivity index (χ2v) is 7.91. The van der Waals surface area contributed by atoms with Crippen molar-refractivity contribution in [3.63, 3.8) is 0 Å². The fourth-order valence-corrected chi connectivity index (χ4v) is 4.61. The predicted molar refractivity (Wildman–Crippen MR) is 68.2 cm³/mol. The predicted octanol–water partition coefficient (Wildman–Crippen LogP) is 1.65. The van der Waals surface area contributed by atoms with Crippen LogP contribution in [0.25, 0.3) is 0 Å². The van der Waals surface area contributed by atoms with Gasteiger partial charge in [0, 0.05) is 12.1 Å². The molecule has 2 rings (SSSR count). The fourth-order valence-electron chi connectivity index (χ4n) is 2.92. The third kappa shape index (κ3) is 5.21. The summed E-state index contributed by atoms with van der Waals surface area (Å²) in [6.07, 6.45) is -1.26. The molecule has 1 aliphatic carbocycles. The van der Waals surface area contributed by atoms with E-state index >= 15 is 0 Å². The first kappa shape index (κ1) is 16.0. The van der Waals surface area contributed by atoms with Gasteiger partial charge >= 0.3 is 6.18 Å². The van der Waals surface area contributed by atoms with Crippen LogP contribution in [0, 0.1) is 0 Å². The van der Waals surface area contributed by atoms with Gasteiger partial charge in [0.2, 0.25) is 0 Å². The number of hydrogen-bond acceptors (Lipinski definition) is 4. The molecule has 0 bridgehead atoms. The maximum absolute atomic E-state index is 12.1. The summed E-state index contributed by atoms with van der Waals surface area (Å²) in [5, 5.41) is 3.26. The number of nitrogens with one attached hydrogen (secondary N) is 1. The molecule has 0 spiro atoms. The SMILES string of the molecule is O=S1(=O)CCC(NC2CCCC(OCC(F)(F)F)C2)C1. The summed E-state index contributed by atoms with van der Waals surface area (Å²) in [7, 11) is -2.93. The van der Waals surface area contributed by atoms with E-state index in [1.54, 1.807) is 0 Å². The molecule has 8 heteroatoms. The van der Waals surface area contributed by atoms with E-state index in [1.165, 1.54) is 0 Å². The molecule has 0 amide bonds. The van der Waals surface area contributed by atoms with Crippen molar-refractivity contribution in [3.05, 3.63) is 0 Å². The molecule has 0 aromatic rings. The minimum atomic E-state index is -4.29. The van der Waals surface area contributed by atoms with E-state index < -0.39 is 22.6 Å². The number of rotatable bonds is 4. The lowest BCUT2D eigenvalue weighted by Gasteiger charge is -2.31. The van der Waals surface area contributed by atoms with Crippen molar-refractivity contribution < 1.29 is 26.3 Å². The summed E-state index contributed by atoms with van der Waals surface area (Å²) in [6, 6.07) is -0.00773. The summed E-state index contributed by atoms with van der Waals surface area (Å²) >= 11 is 0. The molecule has 2 fully saturated rings. The topological polar surface area (TPSA) is 55.4 Å². The van der Waals surface area contributed by atoms with Gasteiger partial charge in [-0.25, -0.2) is 8.42 Å². The standard InChI is InChI=1S/C12H20F3NO3S/c13-12(14,15)8-19-11-3-1-2-9(6-11)16-10-4-5-20(17,18)7-10/h9-11,16H,1-8H2. The molecule has 1 N–H and O–H groups in total. The van der Waals surface area contributed by atoms with Crippen LogP contribution in [0.3, 0.4) is 0 Å². The maximum atomic E-state index is 12.1. The summed E-state index contributed by atoms with van der Waals surface area (Å²) in [5.41, 5.74) is 0. The van der Waals surface area contributed by atoms with E-state index in [4.69, 9.17) is 4.74 Å². The lowest BCUT2D eigenvalue weighted by Crippen LogP contribution is -2.43. The van der Waals surface area contributed by atoms with Crippen LogP contribution < -0.4 is 5.32 Å². The molecule has 0 aromatic heterocycles. The average molecular weight is 315 g/mol. The number of ether oxygens (including phenoxy) is 1. The number of halogens is 3. The van der Waals surface area contributed by atoms with Gasteiger partial charge in [-0.05, 0) is 32.1 Å². The molecule has 1 saturated heterocycles. The van der Waals surface area contributed by atoms with E-state index in [0.29, 0.717) is 19.3 Å². The van der Waals surface area contributed by atoms with Gasteiger partial charge < -0.3 is 10.1 Å². The van der Waals surface area contributed by atoms with Crippen LogP contribution in [0.4, 0.5) is 13.2 Å². The first-order valence-corrected chi connectivity index (χ1v) is 8.70. The Bertz CT molecular complexity index is 424. The van der Waals surface area contributed by atoms with Crippen LogP contribution in [-0.2, 0) is 14.6 Å². The van der Waals surface area contributed by atoms with E-state index in [9.17, 15) is 21.6 Å². The average Bonchev–Trinajstić information content (AvgIpc) is 2.66. The van der Waals surface area contributed by atoms with Gasteiger partial charge in [-0.3, -0.25) is 0 Å². The Labute approximate surface area is 117 Å². The van der Waals surface area contributed by atoms with Crippen molar-refractivity contribution in [2.45, 2.75) is 56.5 Å². The van der Waals surface area contributed by atoms with Crippen LogP contribution in [0.15, 0.2) is 0 Å². The van der Waals surface area contributed by atoms with E-state index in [1.807, 2.05) is 0 Å². The number of alkyl halides is 3. The van der Waals surface area contributed by atoms with Gasteiger partial charge in [0.05, 0.1) is 17.6 Å². The summed E-state index contributed by atoms with van der Waals surface area (Å²) in [5.74, 6) is 0.336. The third-order valence-electron chi connectivity index (χ3n) is 3.81. The summed E-state index contributed by atoms with van der Waals surface area (Å²) in [6.45, 7) is -1.21. The molecule has 20 heavy (non-hydrogen) atoms. The molecule has 2 aliphatic rings. The molecule has 4 nitrogen and oxygen atoms in total. The largest absolute Gasteiger partial charge is 0.411 e. The molecule has 1 heterocycles. The fraction of sp³-hybridized carbons (Fsp3) is 1.00. The highest BCUT2D eigenvalue weighted by Crippen LogP contribution is 2.25. The minimum absolute atomic E-state index is 0.0558. The molecule has 3 unspecified atom stereocenters. The third-order valence-corrected chi connectivity index (χ3v) is 5.58. The van der Waals surface area contributed by atoms with Crippen molar-refractivity contribution in [1.29, 1.82) is 0 Å². The summed E-state index contributed by atoms with van der Waals surface area (Å²) in [4.78, 5) is 0. The Morgan fingerprint density at radius 2 is 1.90 bits per heavy atom. The normalized spacial score (nSPS) is 34.2. The minimum Gasteiger partial charge on any atom is -0.369 e. The second-order valence-electron chi connectivity index (χ2n) is 5.68. The zero-order valence-electron chi connectivity index (χ0n) is 11.2. The van der Waals surface area contributed by atoms with Crippen LogP contribution in [0.5, 0.6) is 0 Å². The van der Waals surface area contributed by atoms with Crippen molar-refractivity contribution in [2.75, 3.05) is 18.1 Å². The molecular weight excluding hydrogens is 295 g/mol. The van der Waals surface area contributed by atoms with Crippen LogP contribution in [0.2, 0.25) is 0 Å². The Morgan fingerprint density at radius 3 is 2.50 bits per heavy atom. The van der Waals surface area contributed by atoms with Crippen LogP contribution >= 0.6 is 0 Å². The van der Waals surface area contributed by atoms with Gasteiger partial charge in [-0.15, -0.1) is 0 Å². The van der Waals surface area contributed by atoms with Crippen LogP contribution in [0.1, 0.15) is 32.1 Å². The van der Waals surface area contributed by atoms with Crippen molar-refractivity contribution >= 4 is 9.84 Å². The quantitative estimate of drug-likeness (QED) is 0.857. The van der Waals surface area contributed by atoms with Gasteiger partial charge in [0.25, 0.3) is 0 Å². The highest BCUT2D eigenvalue weighted by Gasteiger charge is 2.33. The Morgan fingerprint density at radius 1 is 1.15 bits per heavy atom.